The maximum absolute atomic E-state index is 12.8. The number of aromatic nitrogens is 1. The number of thiazole rings is 1. The van der Waals surface area contributed by atoms with Crippen molar-refractivity contribution < 1.29 is 19.0 Å². The van der Waals surface area contributed by atoms with Crippen molar-refractivity contribution in [3.05, 3.63) is 46.8 Å². The summed E-state index contributed by atoms with van der Waals surface area (Å²) in [5.41, 5.74) is 1.54. The van der Waals surface area contributed by atoms with E-state index in [2.05, 4.69) is 15.8 Å². The van der Waals surface area contributed by atoms with Crippen LogP contribution in [0.2, 0.25) is 0 Å². The van der Waals surface area contributed by atoms with Crippen molar-refractivity contribution in [2.75, 3.05) is 25.2 Å². The molecule has 1 aromatic heterocycles. The molecule has 8 heteroatoms. The average molecular weight is 445 g/mol. The molecule has 1 amide bonds. The zero-order valence-corrected chi connectivity index (χ0v) is 18.8. The number of fused-ring (bicyclic) bond motifs is 2. The van der Waals surface area contributed by atoms with Crippen molar-refractivity contribution in [1.29, 1.82) is 0 Å². The van der Waals surface area contributed by atoms with Crippen molar-refractivity contribution >= 4 is 39.2 Å². The Morgan fingerprint density at radius 2 is 1.90 bits per heavy atom. The van der Waals surface area contributed by atoms with E-state index in [-0.39, 0.29) is 12.0 Å². The fourth-order valence-electron chi connectivity index (χ4n) is 3.19. The summed E-state index contributed by atoms with van der Waals surface area (Å²) in [7, 11) is 0. The first-order valence-electron chi connectivity index (χ1n) is 9.83. The number of carbonyl (C=O) groups is 1. The largest absolute Gasteiger partial charge is 0.491 e. The summed E-state index contributed by atoms with van der Waals surface area (Å²) in [5.74, 6) is 2.87. The number of thioether (sulfide) groups is 1. The molecule has 0 fully saturated rings. The van der Waals surface area contributed by atoms with Gasteiger partial charge in [-0.2, -0.15) is 16.8 Å². The molecule has 1 aliphatic rings. The molecule has 3 aromatic rings. The molecule has 0 saturated heterocycles. The minimum absolute atomic E-state index is 0.0870. The first-order valence-corrected chi connectivity index (χ1v) is 12.0. The lowest BCUT2D eigenvalue weighted by Crippen LogP contribution is -2.18. The van der Waals surface area contributed by atoms with Gasteiger partial charge in [-0.1, -0.05) is 11.3 Å². The van der Waals surface area contributed by atoms with Crippen LogP contribution in [0.1, 0.15) is 24.2 Å². The van der Waals surface area contributed by atoms with Gasteiger partial charge < -0.3 is 18.8 Å². The second kappa shape index (κ2) is 9.14. The van der Waals surface area contributed by atoms with Gasteiger partial charge in [-0.3, -0.25) is 4.79 Å². The molecule has 0 atom stereocenters. The quantitative estimate of drug-likeness (QED) is 0.565. The van der Waals surface area contributed by atoms with Gasteiger partial charge in [0.05, 0.1) is 16.3 Å². The maximum atomic E-state index is 12.8. The fraction of sp³-hybridized carbons (Fsp3) is 0.364. The summed E-state index contributed by atoms with van der Waals surface area (Å²) >= 11 is 3.24. The van der Waals surface area contributed by atoms with E-state index in [1.165, 1.54) is 11.3 Å². The van der Waals surface area contributed by atoms with Crippen molar-refractivity contribution in [1.82, 2.24) is 4.57 Å². The highest BCUT2D eigenvalue weighted by atomic mass is 32.2. The van der Waals surface area contributed by atoms with E-state index in [1.807, 2.05) is 26.0 Å². The Morgan fingerprint density at radius 3 is 2.57 bits per heavy atom. The van der Waals surface area contributed by atoms with Crippen molar-refractivity contribution in [2.45, 2.75) is 26.5 Å². The first-order chi connectivity index (χ1) is 14.5. The summed E-state index contributed by atoms with van der Waals surface area (Å²) in [6.45, 7) is 5.78. The maximum Gasteiger partial charge on any atom is 0.279 e. The van der Waals surface area contributed by atoms with Crippen LogP contribution in [-0.4, -0.2) is 41.8 Å². The van der Waals surface area contributed by atoms with Gasteiger partial charge in [-0.25, -0.2) is 0 Å². The lowest BCUT2D eigenvalue weighted by molar-refractivity contribution is 0.0998. The zero-order chi connectivity index (χ0) is 21.1. The lowest BCUT2D eigenvalue weighted by atomic mass is 10.2. The van der Waals surface area contributed by atoms with E-state index in [0.29, 0.717) is 23.6 Å². The number of rotatable bonds is 6. The second-order valence-electron chi connectivity index (χ2n) is 7.10. The molecule has 30 heavy (non-hydrogen) atoms. The van der Waals surface area contributed by atoms with Crippen molar-refractivity contribution in [2.24, 2.45) is 4.99 Å². The smallest absolute Gasteiger partial charge is 0.279 e. The highest BCUT2D eigenvalue weighted by Gasteiger charge is 2.17. The number of nitrogens with zero attached hydrogens (tertiary/aromatic N) is 2. The Balaban J connectivity index is 1.72. The highest BCUT2D eigenvalue weighted by Crippen LogP contribution is 2.35. The van der Waals surface area contributed by atoms with E-state index >= 15 is 0 Å². The third-order valence-corrected chi connectivity index (χ3v) is 6.17. The monoisotopic (exact) mass is 444 g/mol. The SMILES string of the molecule is CSCCn1c(=NC(=O)c2ccc(OC(C)C)cc2)sc2cc3c(cc21)OCCO3. The molecule has 0 unspecified atom stereocenters. The van der Waals surface area contributed by atoms with Gasteiger partial charge in [-0.15, -0.1) is 0 Å². The van der Waals surface area contributed by atoms with Gasteiger partial charge >= 0.3 is 0 Å². The number of aryl methyl sites for hydroxylation is 1. The van der Waals surface area contributed by atoms with Crippen LogP contribution in [0.15, 0.2) is 41.4 Å². The summed E-state index contributed by atoms with van der Waals surface area (Å²) in [6, 6.07) is 11.1. The summed E-state index contributed by atoms with van der Waals surface area (Å²) in [5, 5.41) is 0. The van der Waals surface area contributed by atoms with Crippen LogP contribution in [0.25, 0.3) is 10.2 Å². The molecule has 1 aliphatic heterocycles. The molecule has 0 N–H and O–H groups in total. The van der Waals surface area contributed by atoms with Gasteiger partial charge in [0.25, 0.3) is 5.91 Å². The summed E-state index contributed by atoms with van der Waals surface area (Å²) in [6.07, 6.45) is 2.15. The van der Waals surface area contributed by atoms with Gasteiger partial charge in [0.1, 0.15) is 19.0 Å². The molecule has 6 nitrogen and oxygen atoms in total. The number of ether oxygens (including phenoxy) is 3. The first kappa shape index (κ1) is 20.8. The minimum atomic E-state index is -0.271. The average Bonchev–Trinajstić information content (AvgIpc) is 3.06. The van der Waals surface area contributed by atoms with E-state index < -0.39 is 0 Å². The molecule has 4 rings (SSSR count). The van der Waals surface area contributed by atoms with Gasteiger partial charge in [0, 0.05) is 30.0 Å². The Kier molecular flexibility index (Phi) is 6.34. The molecular weight excluding hydrogens is 420 g/mol. The zero-order valence-electron chi connectivity index (χ0n) is 17.2. The molecule has 0 bridgehead atoms. The Hall–Kier alpha value is -2.45. The molecule has 0 aliphatic carbocycles. The second-order valence-corrected chi connectivity index (χ2v) is 9.10. The number of amides is 1. The number of carbonyl (C=O) groups excluding carboxylic acids is 1. The predicted octanol–water partition coefficient (Wildman–Crippen LogP) is 4.37. The van der Waals surface area contributed by atoms with Gasteiger partial charge in [-0.05, 0) is 44.4 Å². The van der Waals surface area contributed by atoms with Gasteiger partial charge in [0.2, 0.25) is 0 Å². The lowest BCUT2D eigenvalue weighted by Gasteiger charge is -2.18. The Labute approximate surface area is 183 Å². The van der Waals surface area contributed by atoms with Crippen LogP contribution in [0.4, 0.5) is 0 Å². The number of hydrogen-bond acceptors (Lipinski definition) is 6. The standard InChI is InChI=1S/C22H24N2O4S2/c1-14(2)28-16-6-4-15(5-7-16)21(25)23-22-24(8-11-29-3)17-12-18-19(13-20(17)30-22)27-10-9-26-18/h4-7,12-14H,8-11H2,1-3H3. The molecule has 0 radical (unpaired) electrons. The molecule has 158 valence electrons. The number of benzene rings is 2. The van der Waals surface area contributed by atoms with Crippen LogP contribution in [0.3, 0.4) is 0 Å². The predicted molar refractivity (Wildman–Crippen MR) is 121 cm³/mol. The molecule has 0 spiro atoms. The Bertz CT molecular complexity index is 1120. The summed E-state index contributed by atoms with van der Waals surface area (Å²) < 4.78 is 20.2. The van der Waals surface area contributed by atoms with E-state index in [9.17, 15) is 4.79 Å². The summed E-state index contributed by atoms with van der Waals surface area (Å²) in [4.78, 5) is 18.0. The molecule has 0 saturated carbocycles. The Morgan fingerprint density at radius 1 is 1.20 bits per heavy atom. The van der Waals surface area contributed by atoms with Gasteiger partial charge in [0.15, 0.2) is 16.3 Å². The van der Waals surface area contributed by atoms with Crippen molar-refractivity contribution in [3.8, 4) is 17.2 Å². The van der Waals surface area contributed by atoms with Crippen LogP contribution >= 0.6 is 23.1 Å². The molecular formula is C22H24N2O4S2. The normalized spacial score (nSPS) is 13.8. The van der Waals surface area contributed by atoms with Crippen LogP contribution in [0, 0.1) is 0 Å². The van der Waals surface area contributed by atoms with Crippen molar-refractivity contribution in [3.63, 3.8) is 0 Å². The van der Waals surface area contributed by atoms with Crippen LogP contribution in [0.5, 0.6) is 17.2 Å². The highest BCUT2D eigenvalue weighted by molar-refractivity contribution is 7.98. The van der Waals surface area contributed by atoms with Crippen LogP contribution < -0.4 is 19.0 Å². The minimum Gasteiger partial charge on any atom is -0.491 e. The molecule has 2 aromatic carbocycles. The molecule has 2 heterocycles. The van der Waals surface area contributed by atoms with Crippen LogP contribution in [-0.2, 0) is 6.54 Å². The fourth-order valence-corrected chi connectivity index (χ4v) is 4.62. The third-order valence-electron chi connectivity index (χ3n) is 4.54. The third kappa shape index (κ3) is 4.49. The van der Waals surface area contributed by atoms with E-state index in [1.54, 1.807) is 36.0 Å². The topological polar surface area (TPSA) is 62.1 Å². The van der Waals surface area contributed by atoms with E-state index in [4.69, 9.17) is 14.2 Å². The number of hydrogen-bond donors (Lipinski definition) is 0. The van der Waals surface area contributed by atoms with E-state index in [0.717, 1.165) is 39.8 Å².